The van der Waals surface area contributed by atoms with Gasteiger partial charge in [-0.2, -0.15) is 0 Å². The molecule has 0 saturated carbocycles. The molecule has 1 N–H and O–H groups in total. The van der Waals surface area contributed by atoms with Gasteiger partial charge in [0, 0.05) is 13.1 Å². The summed E-state index contributed by atoms with van der Waals surface area (Å²) >= 11 is 0. The first-order chi connectivity index (χ1) is 10.9. The van der Waals surface area contributed by atoms with Gasteiger partial charge in [-0.1, -0.05) is 0 Å². The average molecular weight is 323 g/mol. The monoisotopic (exact) mass is 323 g/mol. The number of amides is 3. The molecule has 2 aliphatic heterocycles. The van der Waals surface area contributed by atoms with Crippen LogP contribution in [0.25, 0.3) is 0 Å². The van der Waals surface area contributed by atoms with E-state index in [2.05, 4.69) is 5.32 Å². The molecule has 3 amide bonds. The number of carbonyl (C=O) groups is 3. The third kappa shape index (κ3) is 2.64. The lowest BCUT2D eigenvalue weighted by atomic mass is 10.0. The Labute approximate surface area is 131 Å². The average Bonchev–Trinajstić information content (AvgIpc) is 2.54. The molecule has 1 aromatic carbocycles. The first-order valence-electron chi connectivity index (χ1n) is 7.23. The van der Waals surface area contributed by atoms with Crippen molar-refractivity contribution in [3.63, 3.8) is 0 Å². The lowest BCUT2D eigenvalue weighted by molar-refractivity contribution is -0.151. The Morgan fingerprint density at radius 2 is 2.00 bits per heavy atom. The van der Waals surface area contributed by atoms with Crippen molar-refractivity contribution in [1.29, 1.82) is 0 Å². The number of piperazine rings is 2. The molecule has 0 unspecified atom stereocenters. The van der Waals surface area contributed by atoms with Gasteiger partial charge in [-0.15, -0.1) is 0 Å². The standard InChI is InChI=1S/C15H15F2N3O3/c1-8-14(22)20-5-4-19(7-12(20)13(21)18-8)15(23)10-6-9(16)2-3-11(10)17/h2-3,6,8,12H,4-5,7H2,1H3,(H,18,21)/t8-,12-/m1/s1. The summed E-state index contributed by atoms with van der Waals surface area (Å²) in [7, 11) is 0. The second kappa shape index (κ2) is 5.60. The number of nitrogens with one attached hydrogen (secondary N) is 1. The maximum atomic E-state index is 13.7. The molecular formula is C15H15F2N3O3. The molecule has 0 aromatic heterocycles. The van der Waals surface area contributed by atoms with Crippen LogP contribution in [0.4, 0.5) is 8.78 Å². The van der Waals surface area contributed by atoms with E-state index in [1.54, 1.807) is 6.92 Å². The van der Waals surface area contributed by atoms with Crippen molar-refractivity contribution in [2.45, 2.75) is 19.0 Å². The Morgan fingerprint density at radius 1 is 1.26 bits per heavy atom. The van der Waals surface area contributed by atoms with Gasteiger partial charge in [0.25, 0.3) is 5.91 Å². The van der Waals surface area contributed by atoms with E-state index >= 15 is 0 Å². The summed E-state index contributed by atoms with van der Waals surface area (Å²) in [5.74, 6) is -2.79. The third-order valence-electron chi connectivity index (χ3n) is 4.14. The lowest BCUT2D eigenvalue weighted by Gasteiger charge is -2.44. The number of hydrogen-bond donors (Lipinski definition) is 1. The van der Waals surface area contributed by atoms with E-state index in [-0.39, 0.29) is 37.0 Å². The first-order valence-corrected chi connectivity index (χ1v) is 7.23. The number of halogens is 2. The predicted octanol–water partition coefficient (Wildman–Crippen LogP) is 0.136. The molecule has 1 aromatic rings. The Morgan fingerprint density at radius 3 is 2.74 bits per heavy atom. The summed E-state index contributed by atoms with van der Waals surface area (Å²) in [6, 6.07) is 1.25. The van der Waals surface area contributed by atoms with Crippen LogP contribution in [0, 0.1) is 11.6 Å². The maximum absolute atomic E-state index is 13.7. The molecule has 0 aliphatic carbocycles. The molecule has 2 heterocycles. The number of hydrogen-bond acceptors (Lipinski definition) is 3. The molecule has 8 heteroatoms. The van der Waals surface area contributed by atoms with Gasteiger partial charge in [-0.05, 0) is 25.1 Å². The fourth-order valence-electron chi connectivity index (χ4n) is 2.91. The van der Waals surface area contributed by atoms with Crippen molar-refractivity contribution in [1.82, 2.24) is 15.1 Å². The normalized spacial score (nSPS) is 24.3. The van der Waals surface area contributed by atoms with E-state index in [4.69, 9.17) is 0 Å². The summed E-state index contributed by atoms with van der Waals surface area (Å²) in [5.41, 5.74) is -0.380. The van der Waals surface area contributed by atoms with Crippen LogP contribution >= 0.6 is 0 Å². The summed E-state index contributed by atoms with van der Waals surface area (Å²) in [4.78, 5) is 39.2. The minimum atomic E-state index is -0.823. The van der Waals surface area contributed by atoms with E-state index < -0.39 is 29.6 Å². The van der Waals surface area contributed by atoms with Crippen molar-refractivity contribution < 1.29 is 23.2 Å². The second-order valence-electron chi connectivity index (χ2n) is 5.65. The first kappa shape index (κ1) is 15.4. The Balaban J connectivity index is 1.81. The van der Waals surface area contributed by atoms with E-state index in [0.717, 1.165) is 18.2 Å². The van der Waals surface area contributed by atoms with E-state index in [1.165, 1.54) is 9.80 Å². The van der Waals surface area contributed by atoms with Crippen LogP contribution in [-0.4, -0.2) is 59.2 Å². The maximum Gasteiger partial charge on any atom is 0.257 e. The molecule has 0 radical (unpaired) electrons. The van der Waals surface area contributed by atoms with Crippen LogP contribution in [0.2, 0.25) is 0 Å². The highest BCUT2D eigenvalue weighted by Crippen LogP contribution is 2.19. The smallest absolute Gasteiger partial charge is 0.257 e. The highest BCUT2D eigenvalue weighted by Gasteiger charge is 2.43. The minimum absolute atomic E-state index is 0.0426. The van der Waals surface area contributed by atoms with E-state index in [0.29, 0.717) is 0 Å². The zero-order valence-corrected chi connectivity index (χ0v) is 12.4. The van der Waals surface area contributed by atoms with Gasteiger partial charge in [0.1, 0.15) is 23.7 Å². The Kier molecular flexibility index (Phi) is 3.75. The van der Waals surface area contributed by atoms with Crippen molar-refractivity contribution in [3.8, 4) is 0 Å². The molecular weight excluding hydrogens is 308 g/mol. The van der Waals surface area contributed by atoms with Gasteiger partial charge in [-0.25, -0.2) is 8.78 Å². The minimum Gasteiger partial charge on any atom is -0.343 e. The molecule has 2 atom stereocenters. The van der Waals surface area contributed by atoms with Gasteiger partial charge >= 0.3 is 0 Å². The zero-order chi connectivity index (χ0) is 16.7. The quantitative estimate of drug-likeness (QED) is 0.799. The van der Waals surface area contributed by atoms with Crippen molar-refractivity contribution >= 4 is 17.7 Å². The van der Waals surface area contributed by atoms with Gasteiger partial charge in [0.15, 0.2) is 0 Å². The number of carbonyl (C=O) groups excluding carboxylic acids is 3. The number of fused-ring (bicyclic) bond motifs is 1. The summed E-state index contributed by atoms with van der Waals surface area (Å²) in [6.45, 7) is 1.90. The Bertz CT molecular complexity index is 695. The summed E-state index contributed by atoms with van der Waals surface area (Å²) in [5, 5.41) is 2.55. The molecule has 122 valence electrons. The summed E-state index contributed by atoms with van der Waals surface area (Å²) < 4.78 is 27.0. The van der Waals surface area contributed by atoms with Crippen LogP contribution in [0.15, 0.2) is 18.2 Å². The molecule has 3 rings (SSSR count). The van der Waals surface area contributed by atoms with Crippen LogP contribution in [0.1, 0.15) is 17.3 Å². The van der Waals surface area contributed by atoms with Crippen molar-refractivity contribution in [3.05, 3.63) is 35.4 Å². The van der Waals surface area contributed by atoms with E-state index in [1.807, 2.05) is 0 Å². The van der Waals surface area contributed by atoms with Crippen LogP contribution in [0.5, 0.6) is 0 Å². The highest BCUT2D eigenvalue weighted by atomic mass is 19.1. The fraction of sp³-hybridized carbons (Fsp3) is 0.400. The lowest BCUT2D eigenvalue weighted by Crippen LogP contribution is -2.69. The topological polar surface area (TPSA) is 69.7 Å². The van der Waals surface area contributed by atoms with Gasteiger partial charge in [0.2, 0.25) is 11.8 Å². The van der Waals surface area contributed by atoms with Crippen LogP contribution in [0.3, 0.4) is 0 Å². The molecule has 2 fully saturated rings. The number of benzene rings is 1. The predicted molar refractivity (Wildman–Crippen MR) is 75.4 cm³/mol. The molecule has 23 heavy (non-hydrogen) atoms. The van der Waals surface area contributed by atoms with Crippen LogP contribution < -0.4 is 5.32 Å². The van der Waals surface area contributed by atoms with Crippen molar-refractivity contribution in [2.75, 3.05) is 19.6 Å². The molecule has 6 nitrogen and oxygen atoms in total. The third-order valence-corrected chi connectivity index (χ3v) is 4.14. The molecule has 2 saturated heterocycles. The number of nitrogens with zero attached hydrogens (tertiary/aromatic N) is 2. The Hall–Kier alpha value is -2.51. The van der Waals surface area contributed by atoms with Gasteiger partial charge in [-0.3, -0.25) is 14.4 Å². The molecule has 0 spiro atoms. The molecule has 0 bridgehead atoms. The summed E-state index contributed by atoms with van der Waals surface area (Å²) in [6.07, 6.45) is 0. The number of rotatable bonds is 1. The SMILES string of the molecule is C[C@H]1NC(=O)[C@H]2CN(C(=O)c3cc(F)ccc3F)CCN2C1=O. The highest BCUT2D eigenvalue weighted by molar-refractivity contribution is 5.99. The van der Waals surface area contributed by atoms with Gasteiger partial charge < -0.3 is 15.1 Å². The van der Waals surface area contributed by atoms with E-state index in [9.17, 15) is 23.2 Å². The molecule has 2 aliphatic rings. The van der Waals surface area contributed by atoms with Crippen LogP contribution in [-0.2, 0) is 9.59 Å². The van der Waals surface area contributed by atoms with Crippen molar-refractivity contribution in [2.24, 2.45) is 0 Å². The second-order valence-corrected chi connectivity index (χ2v) is 5.65. The zero-order valence-electron chi connectivity index (χ0n) is 12.4. The van der Waals surface area contributed by atoms with Gasteiger partial charge in [0.05, 0.1) is 12.1 Å². The fourth-order valence-corrected chi connectivity index (χ4v) is 2.91. The largest absolute Gasteiger partial charge is 0.343 e.